The summed E-state index contributed by atoms with van der Waals surface area (Å²) in [4.78, 5) is 12.1. The van der Waals surface area contributed by atoms with E-state index >= 15 is 0 Å². The fraction of sp³-hybridized carbons (Fsp3) is 0.667. The molecule has 0 saturated carbocycles. The third-order valence-corrected chi connectivity index (χ3v) is 5.54. The van der Waals surface area contributed by atoms with Crippen LogP contribution in [0.5, 0.6) is 0 Å². The van der Waals surface area contributed by atoms with Crippen LogP contribution < -0.4 is 11.1 Å². The monoisotopic (exact) mass is 302 g/mol. The van der Waals surface area contributed by atoms with Crippen molar-refractivity contribution in [2.45, 2.75) is 31.9 Å². The highest BCUT2D eigenvalue weighted by Gasteiger charge is 2.31. The first kappa shape index (κ1) is 16.5. The fourth-order valence-electron chi connectivity index (χ4n) is 1.63. The lowest BCUT2D eigenvalue weighted by Crippen LogP contribution is -2.44. The Kier molecular flexibility index (Phi) is 4.48. The molecule has 0 aromatic carbocycles. The van der Waals surface area contributed by atoms with Gasteiger partial charge in [0, 0.05) is 19.8 Å². The topological polar surface area (TPSA) is 107 Å². The Balaban J connectivity index is 2.92. The normalized spacial score (nSPS) is 12.4. The molecule has 0 aliphatic rings. The Hall–Kier alpha value is -1.57. The van der Waals surface area contributed by atoms with Gasteiger partial charge in [0.1, 0.15) is 5.69 Å². The zero-order chi connectivity index (χ0) is 15.7. The van der Waals surface area contributed by atoms with Gasteiger partial charge in [-0.05, 0) is 20.3 Å². The lowest BCUT2D eigenvalue weighted by Gasteiger charge is -2.22. The van der Waals surface area contributed by atoms with Crippen LogP contribution in [-0.4, -0.2) is 41.7 Å². The average molecular weight is 302 g/mol. The van der Waals surface area contributed by atoms with Crippen LogP contribution in [0.3, 0.4) is 0 Å². The summed E-state index contributed by atoms with van der Waals surface area (Å²) in [6.45, 7) is 5.03. The zero-order valence-electron chi connectivity index (χ0n) is 12.5. The molecule has 0 spiro atoms. The van der Waals surface area contributed by atoms with Crippen molar-refractivity contribution >= 4 is 21.4 Å². The molecule has 0 bridgehead atoms. The van der Waals surface area contributed by atoms with Crippen LogP contribution in [0.1, 0.15) is 37.0 Å². The van der Waals surface area contributed by atoms with Crippen molar-refractivity contribution in [3.8, 4) is 0 Å². The molecule has 0 radical (unpaired) electrons. The molecular weight excluding hydrogens is 280 g/mol. The number of carbonyl (C=O) groups is 1. The van der Waals surface area contributed by atoms with Crippen molar-refractivity contribution in [1.29, 1.82) is 0 Å². The molecule has 0 fully saturated rings. The molecule has 0 aliphatic heterocycles. The number of nitrogens with zero attached hydrogens (tertiary/aromatic N) is 2. The SMILES string of the molecule is CCc1nn(C)c(C(=O)NCC(C)(C)S(C)(=O)=O)c1N. The second-order valence-electron chi connectivity index (χ2n) is 5.40. The first-order chi connectivity index (χ1) is 9.01. The number of hydrogen-bond acceptors (Lipinski definition) is 5. The molecule has 8 heteroatoms. The summed E-state index contributed by atoms with van der Waals surface area (Å²) < 4.78 is 23.6. The number of sulfone groups is 1. The molecule has 1 heterocycles. The number of aromatic nitrogens is 2. The van der Waals surface area contributed by atoms with E-state index in [1.165, 1.54) is 4.68 Å². The molecule has 0 saturated heterocycles. The van der Waals surface area contributed by atoms with E-state index < -0.39 is 20.5 Å². The number of nitrogens with two attached hydrogens (primary N) is 1. The Morgan fingerprint density at radius 3 is 2.40 bits per heavy atom. The van der Waals surface area contributed by atoms with E-state index in [0.717, 1.165) is 6.26 Å². The molecule has 0 atom stereocenters. The molecule has 0 aliphatic carbocycles. The lowest BCUT2D eigenvalue weighted by molar-refractivity contribution is 0.0942. The Morgan fingerprint density at radius 1 is 1.45 bits per heavy atom. The summed E-state index contributed by atoms with van der Waals surface area (Å²) in [5, 5.41) is 6.76. The highest BCUT2D eigenvalue weighted by molar-refractivity contribution is 7.92. The highest BCUT2D eigenvalue weighted by Crippen LogP contribution is 2.18. The average Bonchev–Trinajstić information content (AvgIpc) is 2.60. The van der Waals surface area contributed by atoms with Gasteiger partial charge in [-0.2, -0.15) is 5.10 Å². The number of anilines is 1. The molecule has 3 N–H and O–H groups in total. The van der Waals surface area contributed by atoms with Gasteiger partial charge in [0.25, 0.3) is 5.91 Å². The van der Waals surface area contributed by atoms with Gasteiger partial charge < -0.3 is 11.1 Å². The molecule has 1 aromatic rings. The Morgan fingerprint density at radius 2 is 2.00 bits per heavy atom. The van der Waals surface area contributed by atoms with Crippen LogP contribution in [0.2, 0.25) is 0 Å². The van der Waals surface area contributed by atoms with Gasteiger partial charge in [-0.25, -0.2) is 8.42 Å². The van der Waals surface area contributed by atoms with Crippen molar-refractivity contribution in [2.24, 2.45) is 7.05 Å². The van der Waals surface area contributed by atoms with Crippen LogP contribution >= 0.6 is 0 Å². The molecule has 20 heavy (non-hydrogen) atoms. The van der Waals surface area contributed by atoms with Gasteiger partial charge in [-0.3, -0.25) is 9.48 Å². The zero-order valence-corrected chi connectivity index (χ0v) is 13.3. The van der Waals surface area contributed by atoms with Crippen LogP contribution in [0, 0.1) is 0 Å². The quantitative estimate of drug-likeness (QED) is 0.803. The summed E-state index contributed by atoms with van der Waals surface area (Å²) in [7, 11) is -1.64. The molecule has 0 unspecified atom stereocenters. The maximum absolute atomic E-state index is 12.1. The fourth-order valence-corrected chi connectivity index (χ4v) is 1.97. The van der Waals surface area contributed by atoms with Crippen LogP contribution in [0.25, 0.3) is 0 Å². The third-order valence-electron chi connectivity index (χ3n) is 3.39. The van der Waals surface area contributed by atoms with E-state index in [-0.39, 0.29) is 12.2 Å². The van der Waals surface area contributed by atoms with Gasteiger partial charge in [-0.15, -0.1) is 0 Å². The lowest BCUT2D eigenvalue weighted by atomic mass is 10.2. The van der Waals surface area contributed by atoms with Gasteiger partial charge in [0.15, 0.2) is 9.84 Å². The van der Waals surface area contributed by atoms with Crippen molar-refractivity contribution in [3.05, 3.63) is 11.4 Å². The number of nitrogen functional groups attached to an aromatic ring is 1. The van der Waals surface area contributed by atoms with Crippen molar-refractivity contribution < 1.29 is 13.2 Å². The second-order valence-corrected chi connectivity index (χ2v) is 8.05. The summed E-state index contributed by atoms with van der Waals surface area (Å²) in [5.41, 5.74) is 7.12. The van der Waals surface area contributed by atoms with Crippen molar-refractivity contribution in [1.82, 2.24) is 15.1 Å². The number of nitrogens with one attached hydrogen (secondary N) is 1. The number of amides is 1. The predicted molar refractivity (Wildman–Crippen MR) is 78.3 cm³/mol. The minimum Gasteiger partial charge on any atom is -0.395 e. The van der Waals surface area contributed by atoms with E-state index in [1.807, 2.05) is 6.92 Å². The summed E-state index contributed by atoms with van der Waals surface area (Å²) in [6.07, 6.45) is 1.77. The second kappa shape index (κ2) is 5.43. The molecule has 7 nitrogen and oxygen atoms in total. The van der Waals surface area contributed by atoms with Crippen LogP contribution in [-0.2, 0) is 23.3 Å². The minimum absolute atomic E-state index is 0.0107. The maximum Gasteiger partial charge on any atom is 0.271 e. The molecule has 1 rings (SSSR count). The van der Waals surface area contributed by atoms with Gasteiger partial charge in [0.05, 0.1) is 16.1 Å². The number of hydrogen-bond donors (Lipinski definition) is 2. The van der Waals surface area contributed by atoms with E-state index in [4.69, 9.17) is 5.73 Å². The van der Waals surface area contributed by atoms with E-state index in [9.17, 15) is 13.2 Å². The third kappa shape index (κ3) is 3.12. The van der Waals surface area contributed by atoms with Gasteiger partial charge in [0.2, 0.25) is 0 Å². The van der Waals surface area contributed by atoms with E-state index in [2.05, 4.69) is 10.4 Å². The van der Waals surface area contributed by atoms with Crippen LogP contribution in [0.4, 0.5) is 5.69 Å². The minimum atomic E-state index is -3.27. The Bertz CT molecular complexity index is 617. The van der Waals surface area contributed by atoms with E-state index in [0.29, 0.717) is 17.8 Å². The first-order valence-electron chi connectivity index (χ1n) is 6.30. The summed E-state index contributed by atoms with van der Waals surface area (Å²) >= 11 is 0. The van der Waals surface area contributed by atoms with E-state index in [1.54, 1.807) is 20.9 Å². The highest BCUT2D eigenvalue weighted by atomic mass is 32.2. The largest absolute Gasteiger partial charge is 0.395 e. The molecule has 114 valence electrons. The molecule has 1 amide bonds. The number of rotatable bonds is 5. The van der Waals surface area contributed by atoms with Crippen molar-refractivity contribution in [3.63, 3.8) is 0 Å². The molecule has 1 aromatic heterocycles. The summed E-state index contributed by atoms with van der Waals surface area (Å²) in [5.74, 6) is -0.422. The number of aryl methyl sites for hydroxylation is 2. The molecular formula is C12H22N4O3S. The first-order valence-corrected chi connectivity index (χ1v) is 8.19. The van der Waals surface area contributed by atoms with Gasteiger partial charge in [-0.1, -0.05) is 6.92 Å². The predicted octanol–water partition coefficient (Wildman–Crippen LogP) is 0.118. The van der Waals surface area contributed by atoms with Crippen molar-refractivity contribution in [2.75, 3.05) is 18.5 Å². The standard InChI is InChI=1S/C12H22N4O3S/c1-6-8-9(13)10(16(4)15-8)11(17)14-7-12(2,3)20(5,18)19/h6-7,13H2,1-5H3,(H,14,17). The summed E-state index contributed by atoms with van der Waals surface area (Å²) in [6, 6.07) is 0. The maximum atomic E-state index is 12.1. The Labute approximate surface area is 119 Å². The van der Waals surface area contributed by atoms with Crippen LogP contribution in [0.15, 0.2) is 0 Å². The van der Waals surface area contributed by atoms with Gasteiger partial charge >= 0.3 is 0 Å². The smallest absolute Gasteiger partial charge is 0.271 e. The number of carbonyl (C=O) groups excluding carboxylic acids is 1.